The Morgan fingerprint density at radius 3 is 2.43 bits per heavy atom. The quantitative estimate of drug-likeness (QED) is 0.730. The lowest BCUT2D eigenvalue weighted by atomic mass is 10.1. The van der Waals surface area contributed by atoms with Crippen molar-refractivity contribution in [2.45, 2.75) is 25.6 Å². The number of rotatable bonds is 8. The molecule has 5 nitrogen and oxygen atoms in total. The molecule has 1 atom stereocenters. The van der Waals surface area contributed by atoms with Crippen LogP contribution in [0.1, 0.15) is 17.5 Å². The van der Waals surface area contributed by atoms with Gasteiger partial charge in [0.05, 0.1) is 14.2 Å². The van der Waals surface area contributed by atoms with Crippen molar-refractivity contribution >= 4 is 11.6 Å². The largest absolute Gasteiger partial charge is 0.493 e. The number of methoxy groups -OCH3 is 2. The van der Waals surface area contributed by atoms with Gasteiger partial charge in [-0.05, 0) is 23.6 Å². The molecule has 0 spiro atoms. The van der Waals surface area contributed by atoms with E-state index in [-0.39, 0.29) is 6.61 Å². The van der Waals surface area contributed by atoms with E-state index in [0.717, 1.165) is 44.7 Å². The van der Waals surface area contributed by atoms with E-state index in [4.69, 9.17) is 21.1 Å². The van der Waals surface area contributed by atoms with Crippen LogP contribution >= 0.6 is 11.6 Å². The molecule has 1 unspecified atom stereocenters. The van der Waals surface area contributed by atoms with E-state index in [0.29, 0.717) is 22.6 Å². The highest BCUT2D eigenvalue weighted by atomic mass is 35.5. The van der Waals surface area contributed by atoms with Crippen molar-refractivity contribution in [1.29, 1.82) is 0 Å². The Kier molecular flexibility index (Phi) is 7.57. The van der Waals surface area contributed by atoms with Gasteiger partial charge in [0, 0.05) is 56.5 Å². The van der Waals surface area contributed by atoms with Crippen molar-refractivity contribution in [3.8, 4) is 11.5 Å². The van der Waals surface area contributed by atoms with E-state index < -0.39 is 0 Å². The fourth-order valence-electron chi connectivity index (χ4n) is 3.81. The Hall–Kier alpha value is -1.79. The van der Waals surface area contributed by atoms with Gasteiger partial charge in [0.15, 0.2) is 11.5 Å². The highest BCUT2D eigenvalue weighted by Crippen LogP contribution is 2.34. The number of halogens is 1. The third kappa shape index (κ3) is 5.17. The average molecular weight is 405 g/mol. The Balaban J connectivity index is 1.68. The minimum Gasteiger partial charge on any atom is -0.493 e. The lowest BCUT2D eigenvalue weighted by Crippen LogP contribution is -2.52. The van der Waals surface area contributed by atoms with Crippen LogP contribution in [0, 0.1) is 0 Å². The predicted molar refractivity (Wildman–Crippen MR) is 112 cm³/mol. The highest BCUT2D eigenvalue weighted by molar-refractivity contribution is 6.31. The van der Waals surface area contributed by atoms with Gasteiger partial charge in [-0.2, -0.15) is 0 Å². The number of benzene rings is 2. The van der Waals surface area contributed by atoms with Crippen LogP contribution in [0.5, 0.6) is 11.5 Å². The van der Waals surface area contributed by atoms with Gasteiger partial charge in [-0.25, -0.2) is 0 Å². The molecule has 1 aliphatic rings. The number of hydrogen-bond acceptors (Lipinski definition) is 5. The minimum atomic E-state index is 0.195. The maximum atomic E-state index is 9.55. The van der Waals surface area contributed by atoms with Gasteiger partial charge in [0.1, 0.15) is 0 Å². The number of nitrogens with zero attached hydrogens (tertiary/aromatic N) is 2. The van der Waals surface area contributed by atoms with Crippen molar-refractivity contribution < 1.29 is 14.6 Å². The molecule has 0 bridgehead atoms. The standard InChI is InChI=1S/C22H29ClN2O3/c1-27-21-12-18(20(23)13-22(21)28-2)15-24-9-10-25(19(16-24)8-11-26)14-17-6-4-3-5-7-17/h3-7,12-13,19,26H,8-11,14-16H2,1-2H3. The lowest BCUT2D eigenvalue weighted by Gasteiger charge is -2.41. The predicted octanol–water partition coefficient (Wildman–Crippen LogP) is 3.43. The van der Waals surface area contributed by atoms with Crippen molar-refractivity contribution in [2.24, 2.45) is 0 Å². The first-order chi connectivity index (χ1) is 13.6. The molecule has 0 amide bonds. The molecule has 1 fully saturated rings. The van der Waals surface area contributed by atoms with Crippen LogP contribution in [0.4, 0.5) is 0 Å². The fraction of sp³-hybridized carbons (Fsp3) is 0.455. The molecule has 0 radical (unpaired) electrons. The molecular weight excluding hydrogens is 376 g/mol. The monoisotopic (exact) mass is 404 g/mol. The van der Waals surface area contributed by atoms with Crippen molar-refractivity contribution in [3.05, 3.63) is 58.6 Å². The minimum absolute atomic E-state index is 0.195. The zero-order chi connectivity index (χ0) is 19.9. The van der Waals surface area contributed by atoms with Gasteiger partial charge < -0.3 is 14.6 Å². The lowest BCUT2D eigenvalue weighted by molar-refractivity contribution is 0.0499. The summed E-state index contributed by atoms with van der Waals surface area (Å²) in [7, 11) is 3.24. The van der Waals surface area contributed by atoms with Crippen molar-refractivity contribution in [3.63, 3.8) is 0 Å². The molecule has 2 aromatic carbocycles. The molecule has 1 N–H and O–H groups in total. The van der Waals surface area contributed by atoms with Gasteiger partial charge in [0.2, 0.25) is 0 Å². The summed E-state index contributed by atoms with van der Waals surface area (Å²) in [5.74, 6) is 1.33. The van der Waals surface area contributed by atoms with Gasteiger partial charge in [-0.1, -0.05) is 41.9 Å². The first-order valence-corrected chi connectivity index (χ1v) is 10.0. The van der Waals surface area contributed by atoms with Crippen molar-refractivity contribution in [2.75, 3.05) is 40.5 Å². The Morgan fingerprint density at radius 1 is 1.04 bits per heavy atom. The van der Waals surface area contributed by atoms with E-state index >= 15 is 0 Å². The average Bonchev–Trinajstić information content (AvgIpc) is 2.72. The van der Waals surface area contributed by atoms with E-state index in [1.54, 1.807) is 14.2 Å². The van der Waals surface area contributed by atoms with Crippen LogP contribution in [-0.4, -0.2) is 61.4 Å². The number of ether oxygens (including phenoxy) is 2. The SMILES string of the molecule is COc1cc(Cl)c(CN2CCN(Cc3ccccc3)C(CCO)C2)cc1OC. The molecule has 0 aliphatic carbocycles. The van der Waals surface area contributed by atoms with Crippen LogP contribution in [0.2, 0.25) is 5.02 Å². The summed E-state index contributed by atoms with van der Waals surface area (Å²) in [5, 5.41) is 10.2. The van der Waals surface area contributed by atoms with Gasteiger partial charge >= 0.3 is 0 Å². The van der Waals surface area contributed by atoms with E-state index in [2.05, 4.69) is 34.1 Å². The summed E-state index contributed by atoms with van der Waals surface area (Å²) in [6, 6.07) is 14.6. The molecule has 152 valence electrons. The topological polar surface area (TPSA) is 45.2 Å². The molecule has 1 heterocycles. The summed E-state index contributed by atoms with van der Waals surface area (Å²) in [4.78, 5) is 4.87. The van der Waals surface area contributed by atoms with Crippen LogP contribution in [0.25, 0.3) is 0 Å². The molecular formula is C22H29ClN2O3. The Bertz CT molecular complexity index is 757. The summed E-state index contributed by atoms with van der Waals surface area (Å²) in [6.07, 6.45) is 0.767. The molecule has 0 aromatic heterocycles. The zero-order valence-electron chi connectivity index (χ0n) is 16.6. The number of aliphatic hydroxyl groups excluding tert-OH is 1. The van der Waals surface area contributed by atoms with E-state index in [1.165, 1.54) is 5.56 Å². The molecule has 0 saturated carbocycles. The first kappa shape index (κ1) is 20.9. The maximum absolute atomic E-state index is 9.55. The normalized spacial score (nSPS) is 18.2. The number of aliphatic hydroxyl groups is 1. The van der Waals surface area contributed by atoms with Crippen LogP contribution in [0.3, 0.4) is 0 Å². The molecule has 1 saturated heterocycles. The molecule has 6 heteroatoms. The number of hydrogen-bond donors (Lipinski definition) is 1. The van der Waals surface area contributed by atoms with Crippen LogP contribution in [-0.2, 0) is 13.1 Å². The second-order valence-corrected chi connectivity index (χ2v) is 7.56. The van der Waals surface area contributed by atoms with E-state index in [1.807, 2.05) is 18.2 Å². The van der Waals surface area contributed by atoms with Gasteiger partial charge in [-0.3, -0.25) is 9.80 Å². The van der Waals surface area contributed by atoms with Crippen LogP contribution < -0.4 is 9.47 Å². The van der Waals surface area contributed by atoms with Crippen molar-refractivity contribution in [1.82, 2.24) is 9.80 Å². The molecule has 1 aliphatic heterocycles. The third-order valence-electron chi connectivity index (χ3n) is 5.33. The first-order valence-electron chi connectivity index (χ1n) is 9.66. The summed E-state index contributed by atoms with van der Waals surface area (Å²) in [6.45, 7) is 4.68. The number of piperazine rings is 1. The maximum Gasteiger partial charge on any atom is 0.162 e. The molecule has 3 rings (SSSR count). The fourth-order valence-corrected chi connectivity index (χ4v) is 4.02. The molecule has 2 aromatic rings. The molecule has 28 heavy (non-hydrogen) atoms. The second-order valence-electron chi connectivity index (χ2n) is 7.16. The summed E-state index contributed by atoms with van der Waals surface area (Å²) >= 11 is 6.48. The smallest absolute Gasteiger partial charge is 0.162 e. The van der Waals surface area contributed by atoms with E-state index in [9.17, 15) is 5.11 Å². The second kappa shape index (κ2) is 10.1. The van der Waals surface area contributed by atoms with Gasteiger partial charge in [-0.15, -0.1) is 0 Å². The van der Waals surface area contributed by atoms with Gasteiger partial charge in [0.25, 0.3) is 0 Å². The third-order valence-corrected chi connectivity index (χ3v) is 5.68. The van der Waals surface area contributed by atoms with Crippen LogP contribution in [0.15, 0.2) is 42.5 Å². The zero-order valence-corrected chi connectivity index (χ0v) is 17.4. The highest BCUT2D eigenvalue weighted by Gasteiger charge is 2.27. The summed E-state index contributed by atoms with van der Waals surface area (Å²) in [5.41, 5.74) is 2.33. The summed E-state index contributed by atoms with van der Waals surface area (Å²) < 4.78 is 10.7. The Morgan fingerprint density at radius 2 is 1.75 bits per heavy atom. The Labute approximate surface area is 172 Å².